The van der Waals surface area contributed by atoms with Crippen molar-refractivity contribution in [3.63, 3.8) is 0 Å². The fraction of sp³-hybridized carbons (Fsp3) is 0.875. The van der Waals surface area contributed by atoms with Crippen LogP contribution in [0, 0.1) is 5.92 Å². The van der Waals surface area contributed by atoms with Crippen molar-refractivity contribution in [3.8, 4) is 0 Å². The molecule has 0 aromatic carbocycles. The van der Waals surface area contributed by atoms with Crippen molar-refractivity contribution in [2.24, 2.45) is 11.7 Å². The Morgan fingerprint density at radius 3 is 2.36 bits per heavy atom. The van der Waals surface area contributed by atoms with Crippen LogP contribution in [0.4, 0.5) is 0 Å². The van der Waals surface area contributed by atoms with Crippen LogP contribution in [-0.2, 0) is 4.79 Å². The molecule has 1 unspecified atom stereocenters. The second-order valence-corrected chi connectivity index (χ2v) is 4.26. The smallest absolute Gasteiger partial charge is 0.230 e. The molecule has 2 N–H and O–H groups in total. The molecule has 1 atom stereocenters. The highest BCUT2D eigenvalue weighted by molar-refractivity contribution is 8.00. The van der Waals surface area contributed by atoms with Crippen molar-refractivity contribution in [1.29, 1.82) is 0 Å². The maximum atomic E-state index is 10.7. The van der Waals surface area contributed by atoms with Crippen LogP contribution in [-0.4, -0.2) is 16.9 Å². The van der Waals surface area contributed by atoms with Gasteiger partial charge in [0.05, 0.1) is 5.25 Å². The molecule has 11 heavy (non-hydrogen) atoms. The molecule has 0 aromatic heterocycles. The maximum absolute atomic E-state index is 10.7. The lowest BCUT2D eigenvalue weighted by atomic mass is 10.3. The number of primary amides is 1. The van der Waals surface area contributed by atoms with Gasteiger partial charge in [0.1, 0.15) is 0 Å². The Hall–Kier alpha value is -0.180. The normalized spacial score (nSPS) is 13.5. The van der Waals surface area contributed by atoms with E-state index < -0.39 is 0 Å². The number of nitrogens with two attached hydrogens (primary N) is 1. The van der Waals surface area contributed by atoms with Gasteiger partial charge in [-0.3, -0.25) is 4.79 Å². The fourth-order valence-electron chi connectivity index (χ4n) is 0.710. The van der Waals surface area contributed by atoms with Gasteiger partial charge in [0.15, 0.2) is 0 Å². The zero-order valence-corrected chi connectivity index (χ0v) is 8.28. The summed E-state index contributed by atoms with van der Waals surface area (Å²) >= 11 is 1.66. The van der Waals surface area contributed by atoms with Gasteiger partial charge in [-0.05, 0) is 18.1 Å². The minimum atomic E-state index is -0.182. The van der Waals surface area contributed by atoms with Crippen LogP contribution in [0.5, 0.6) is 0 Å². The Labute approximate surface area is 72.9 Å². The average Bonchev–Trinajstić information content (AvgIpc) is 1.87. The molecule has 0 spiro atoms. The average molecular weight is 175 g/mol. The Balaban J connectivity index is 3.61. The third-order valence-corrected chi connectivity index (χ3v) is 3.15. The predicted molar refractivity (Wildman–Crippen MR) is 50.6 cm³/mol. The molecule has 0 saturated carbocycles. The molecule has 0 fully saturated rings. The molecular formula is C8H17NOS. The topological polar surface area (TPSA) is 43.1 Å². The van der Waals surface area contributed by atoms with E-state index in [1.165, 1.54) is 0 Å². The van der Waals surface area contributed by atoms with E-state index in [1.54, 1.807) is 11.8 Å². The van der Waals surface area contributed by atoms with Gasteiger partial charge >= 0.3 is 0 Å². The maximum Gasteiger partial charge on any atom is 0.230 e. The van der Waals surface area contributed by atoms with E-state index >= 15 is 0 Å². The quantitative estimate of drug-likeness (QED) is 0.690. The molecule has 0 heterocycles. The van der Waals surface area contributed by atoms with Gasteiger partial charge in [0.25, 0.3) is 0 Å². The van der Waals surface area contributed by atoms with Crippen LogP contribution in [0.2, 0.25) is 0 Å². The predicted octanol–water partition coefficient (Wildman–Crippen LogP) is 1.64. The molecule has 0 aromatic rings. The first-order valence-electron chi connectivity index (χ1n) is 3.98. The summed E-state index contributed by atoms with van der Waals surface area (Å²) in [5.41, 5.74) is 5.17. The molecule has 66 valence electrons. The number of carbonyl (C=O) groups is 1. The Morgan fingerprint density at radius 1 is 1.55 bits per heavy atom. The van der Waals surface area contributed by atoms with Gasteiger partial charge in [-0.25, -0.2) is 0 Å². The second-order valence-electron chi connectivity index (χ2n) is 3.03. The Bertz CT molecular complexity index is 125. The summed E-state index contributed by atoms with van der Waals surface area (Å²) in [5.74, 6) is 1.47. The van der Waals surface area contributed by atoms with E-state index in [9.17, 15) is 4.79 Å². The van der Waals surface area contributed by atoms with Gasteiger partial charge in [0, 0.05) is 0 Å². The van der Waals surface area contributed by atoms with Crippen molar-refractivity contribution in [1.82, 2.24) is 0 Å². The molecule has 0 radical (unpaired) electrons. The molecule has 0 bridgehead atoms. The van der Waals surface area contributed by atoms with Crippen molar-refractivity contribution in [2.45, 2.75) is 32.4 Å². The highest BCUT2D eigenvalue weighted by atomic mass is 32.2. The van der Waals surface area contributed by atoms with E-state index in [1.807, 2.05) is 6.92 Å². The minimum absolute atomic E-state index is 0.0115. The van der Waals surface area contributed by atoms with Crippen molar-refractivity contribution >= 4 is 17.7 Å². The zero-order chi connectivity index (χ0) is 8.85. The summed E-state index contributed by atoms with van der Waals surface area (Å²) < 4.78 is 0. The zero-order valence-electron chi connectivity index (χ0n) is 7.46. The molecule has 0 saturated heterocycles. The SMILES string of the molecule is CCC(SCC(C)C)C(N)=O. The molecule has 0 aliphatic carbocycles. The van der Waals surface area contributed by atoms with Gasteiger partial charge < -0.3 is 5.73 Å². The van der Waals surface area contributed by atoms with Crippen LogP contribution in [0.25, 0.3) is 0 Å². The summed E-state index contributed by atoms with van der Waals surface area (Å²) in [7, 11) is 0. The Kier molecular flexibility index (Phi) is 5.38. The van der Waals surface area contributed by atoms with E-state index in [4.69, 9.17) is 5.73 Å². The number of hydrogen-bond donors (Lipinski definition) is 1. The van der Waals surface area contributed by atoms with Gasteiger partial charge in [-0.2, -0.15) is 0 Å². The number of thioether (sulfide) groups is 1. The monoisotopic (exact) mass is 175 g/mol. The van der Waals surface area contributed by atoms with E-state index in [0.717, 1.165) is 12.2 Å². The van der Waals surface area contributed by atoms with Crippen molar-refractivity contribution in [2.75, 3.05) is 5.75 Å². The van der Waals surface area contributed by atoms with Crippen molar-refractivity contribution in [3.05, 3.63) is 0 Å². The van der Waals surface area contributed by atoms with E-state index in [2.05, 4.69) is 13.8 Å². The third kappa shape index (κ3) is 5.13. The van der Waals surface area contributed by atoms with E-state index in [0.29, 0.717) is 5.92 Å². The number of hydrogen-bond acceptors (Lipinski definition) is 2. The summed E-state index contributed by atoms with van der Waals surface area (Å²) in [6, 6.07) is 0. The molecule has 3 heteroatoms. The molecule has 0 aliphatic heterocycles. The highest BCUT2D eigenvalue weighted by Gasteiger charge is 2.12. The minimum Gasteiger partial charge on any atom is -0.369 e. The summed E-state index contributed by atoms with van der Waals surface area (Å²) in [6.07, 6.45) is 0.840. The van der Waals surface area contributed by atoms with Gasteiger partial charge in [-0.1, -0.05) is 20.8 Å². The third-order valence-electron chi connectivity index (χ3n) is 1.32. The molecule has 1 amide bonds. The summed E-state index contributed by atoms with van der Waals surface area (Å²) in [4.78, 5) is 10.7. The molecular weight excluding hydrogens is 158 g/mol. The lowest BCUT2D eigenvalue weighted by Crippen LogP contribution is -2.25. The second kappa shape index (κ2) is 5.47. The highest BCUT2D eigenvalue weighted by Crippen LogP contribution is 2.16. The van der Waals surface area contributed by atoms with Crippen LogP contribution in [0.3, 0.4) is 0 Å². The first kappa shape index (κ1) is 10.8. The van der Waals surface area contributed by atoms with Crippen LogP contribution in [0.1, 0.15) is 27.2 Å². The molecule has 0 rings (SSSR count). The Morgan fingerprint density at radius 2 is 2.09 bits per heavy atom. The largest absolute Gasteiger partial charge is 0.369 e. The van der Waals surface area contributed by atoms with Crippen molar-refractivity contribution < 1.29 is 4.79 Å². The molecule has 2 nitrogen and oxygen atoms in total. The summed E-state index contributed by atoms with van der Waals surface area (Å²) in [5, 5.41) is 0.0115. The summed E-state index contributed by atoms with van der Waals surface area (Å²) in [6.45, 7) is 6.27. The van der Waals surface area contributed by atoms with Crippen LogP contribution >= 0.6 is 11.8 Å². The van der Waals surface area contributed by atoms with Gasteiger partial charge in [-0.15, -0.1) is 11.8 Å². The number of rotatable bonds is 5. The standard InChI is InChI=1S/C8H17NOS/c1-4-7(8(9)10)11-5-6(2)3/h6-7H,4-5H2,1-3H3,(H2,9,10). The van der Waals surface area contributed by atoms with Gasteiger partial charge in [0.2, 0.25) is 5.91 Å². The molecule has 0 aliphatic rings. The van der Waals surface area contributed by atoms with Crippen LogP contribution < -0.4 is 5.73 Å². The van der Waals surface area contributed by atoms with E-state index in [-0.39, 0.29) is 11.2 Å². The number of carbonyl (C=O) groups excluding carboxylic acids is 1. The first-order valence-corrected chi connectivity index (χ1v) is 5.03. The fourth-order valence-corrected chi connectivity index (χ4v) is 1.73. The lowest BCUT2D eigenvalue weighted by molar-refractivity contribution is -0.117. The van der Waals surface area contributed by atoms with Crippen LogP contribution in [0.15, 0.2) is 0 Å². The lowest BCUT2D eigenvalue weighted by Gasteiger charge is -2.11. The number of amides is 1. The first-order chi connectivity index (χ1) is 5.07.